The molecule has 0 saturated heterocycles. The first-order valence-corrected chi connectivity index (χ1v) is 8.69. The molecule has 6 heteroatoms. The summed E-state index contributed by atoms with van der Waals surface area (Å²) in [5.41, 5.74) is 0.842. The molecule has 1 amide bonds. The second kappa shape index (κ2) is 8.76. The van der Waals surface area contributed by atoms with Gasteiger partial charge >= 0.3 is 0 Å². The van der Waals surface area contributed by atoms with Gasteiger partial charge < -0.3 is 14.4 Å². The second-order valence-electron chi connectivity index (χ2n) is 5.04. The van der Waals surface area contributed by atoms with Crippen LogP contribution in [-0.2, 0) is 11.3 Å². The van der Waals surface area contributed by atoms with E-state index in [0.29, 0.717) is 24.6 Å². The molecule has 0 fully saturated rings. The maximum atomic E-state index is 12.4. The molecule has 0 radical (unpaired) electrons. The monoisotopic (exact) mass is 365 g/mol. The highest BCUT2D eigenvalue weighted by Crippen LogP contribution is 2.24. The summed E-state index contributed by atoms with van der Waals surface area (Å²) < 4.78 is 11.2. The van der Waals surface area contributed by atoms with Gasteiger partial charge in [-0.1, -0.05) is 11.6 Å². The van der Waals surface area contributed by atoms with Crippen molar-refractivity contribution in [3.8, 4) is 11.5 Å². The van der Waals surface area contributed by atoms with E-state index in [9.17, 15) is 4.79 Å². The fourth-order valence-corrected chi connectivity index (χ4v) is 3.27. The van der Waals surface area contributed by atoms with Crippen molar-refractivity contribution in [1.82, 2.24) is 4.90 Å². The van der Waals surface area contributed by atoms with Crippen LogP contribution in [0.4, 0.5) is 0 Å². The number of carbonyl (C=O) groups excluding carboxylic acids is 1. The summed E-state index contributed by atoms with van der Waals surface area (Å²) in [4.78, 5) is 15.2. The van der Waals surface area contributed by atoms with Crippen molar-refractivity contribution in [3.63, 3.8) is 0 Å². The van der Waals surface area contributed by atoms with Crippen LogP contribution < -0.4 is 9.47 Å². The number of thiophene rings is 1. The van der Waals surface area contributed by atoms with Gasteiger partial charge in [-0.25, -0.2) is 0 Å². The van der Waals surface area contributed by atoms with Crippen molar-refractivity contribution in [2.45, 2.75) is 13.5 Å². The van der Waals surface area contributed by atoms with E-state index in [1.807, 2.05) is 31.2 Å². The fraction of sp³-hybridized carbons (Fsp3) is 0.278. The maximum absolute atomic E-state index is 12.4. The zero-order valence-electron chi connectivity index (χ0n) is 13.9. The van der Waals surface area contributed by atoms with Crippen LogP contribution in [0.1, 0.15) is 17.4 Å². The van der Waals surface area contributed by atoms with E-state index >= 15 is 0 Å². The van der Waals surface area contributed by atoms with Crippen LogP contribution in [0.25, 0.3) is 6.08 Å². The van der Waals surface area contributed by atoms with Gasteiger partial charge in [0, 0.05) is 23.6 Å². The van der Waals surface area contributed by atoms with Crippen LogP contribution in [0.3, 0.4) is 0 Å². The van der Waals surface area contributed by atoms with Crippen LogP contribution in [-0.4, -0.2) is 31.6 Å². The number of ether oxygens (including phenoxy) is 2. The molecular weight excluding hydrogens is 346 g/mol. The van der Waals surface area contributed by atoms with Gasteiger partial charge in [0.25, 0.3) is 0 Å². The minimum atomic E-state index is -0.0520. The van der Waals surface area contributed by atoms with E-state index in [1.54, 1.807) is 37.3 Å². The summed E-state index contributed by atoms with van der Waals surface area (Å²) in [7, 11) is 3.19. The Morgan fingerprint density at radius 1 is 1.21 bits per heavy atom. The molecule has 128 valence electrons. The second-order valence-corrected chi connectivity index (χ2v) is 6.84. The number of likely N-dealkylation sites (N-methyl/N-ethyl adjacent to an activating group) is 1. The largest absolute Gasteiger partial charge is 0.497 e. The number of benzene rings is 1. The Hall–Kier alpha value is -1.98. The van der Waals surface area contributed by atoms with Gasteiger partial charge in [-0.3, -0.25) is 4.79 Å². The lowest BCUT2D eigenvalue weighted by atomic mass is 10.2. The van der Waals surface area contributed by atoms with Crippen molar-refractivity contribution < 1.29 is 14.3 Å². The number of hydrogen-bond acceptors (Lipinski definition) is 4. The van der Waals surface area contributed by atoms with Crippen LogP contribution in [0.15, 0.2) is 36.4 Å². The Bertz CT molecular complexity index is 705. The summed E-state index contributed by atoms with van der Waals surface area (Å²) in [6.07, 6.45) is 3.32. The molecule has 1 heterocycles. The van der Waals surface area contributed by atoms with E-state index in [4.69, 9.17) is 21.1 Å². The van der Waals surface area contributed by atoms with E-state index in [2.05, 4.69) is 0 Å². The van der Waals surface area contributed by atoms with Gasteiger partial charge in [-0.15, -0.1) is 11.3 Å². The summed E-state index contributed by atoms with van der Waals surface area (Å²) in [6.45, 7) is 3.13. The molecular formula is C18H20ClNO3S. The lowest BCUT2D eigenvalue weighted by Crippen LogP contribution is -2.28. The maximum Gasteiger partial charge on any atom is 0.246 e. The van der Waals surface area contributed by atoms with Gasteiger partial charge in [0.2, 0.25) is 5.91 Å². The molecule has 24 heavy (non-hydrogen) atoms. The predicted octanol–water partition coefficient (Wildman–Crippen LogP) is 4.48. The third-order valence-electron chi connectivity index (χ3n) is 3.46. The average Bonchev–Trinajstić information content (AvgIpc) is 3.02. The van der Waals surface area contributed by atoms with E-state index in [1.165, 1.54) is 11.3 Å². The van der Waals surface area contributed by atoms with Gasteiger partial charge in [-0.2, -0.15) is 0 Å². The molecule has 0 N–H and O–H groups in total. The van der Waals surface area contributed by atoms with Gasteiger partial charge in [-0.05, 0) is 42.8 Å². The van der Waals surface area contributed by atoms with Crippen molar-refractivity contribution >= 4 is 34.9 Å². The molecule has 0 aliphatic heterocycles. The molecule has 0 bridgehead atoms. The van der Waals surface area contributed by atoms with Crippen LogP contribution in [0.2, 0.25) is 4.34 Å². The summed E-state index contributed by atoms with van der Waals surface area (Å²) >= 11 is 7.43. The number of rotatable bonds is 7. The molecule has 0 spiro atoms. The van der Waals surface area contributed by atoms with Crippen LogP contribution >= 0.6 is 22.9 Å². The Labute approximate surface area is 151 Å². The third kappa shape index (κ3) is 5.01. The van der Waals surface area contributed by atoms with E-state index in [0.717, 1.165) is 14.8 Å². The first-order chi connectivity index (χ1) is 11.5. The molecule has 0 saturated carbocycles. The highest BCUT2D eigenvalue weighted by atomic mass is 35.5. The molecule has 0 aliphatic rings. The predicted molar refractivity (Wildman–Crippen MR) is 99.0 cm³/mol. The normalized spacial score (nSPS) is 10.8. The highest BCUT2D eigenvalue weighted by Gasteiger charge is 2.10. The summed E-state index contributed by atoms with van der Waals surface area (Å²) in [5.74, 6) is 1.31. The number of nitrogens with zero attached hydrogens (tertiary/aromatic N) is 1. The minimum Gasteiger partial charge on any atom is -0.497 e. The molecule has 1 aromatic carbocycles. The number of amides is 1. The Morgan fingerprint density at radius 3 is 2.38 bits per heavy atom. The smallest absolute Gasteiger partial charge is 0.246 e. The lowest BCUT2D eigenvalue weighted by Gasteiger charge is -2.18. The topological polar surface area (TPSA) is 38.8 Å². The van der Waals surface area contributed by atoms with Gasteiger partial charge in [0.15, 0.2) is 0 Å². The Morgan fingerprint density at radius 2 is 1.88 bits per heavy atom. The number of hydrogen-bond donors (Lipinski definition) is 0. The molecule has 0 aliphatic carbocycles. The van der Waals surface area contributed by atoms with E-state index in [-0.39, 0.29) is 5.91 Å². The van der Waals surface area contributed by atoms with Crippen molar-refractivity contribution in [2.75, 3.05) is 20.8 Å². The van der Waals surface area contributed by atoms with Crippen molar-refractivity contribution in [3.05, 3.63) is 51.2 Å². The standard InChI is InChI=1S/C18H20ClNO3S/c1-4-20(12-16-6-7-17(19)24-16)18(21)8-5-13-9-14(22-2)11-15(10-13)23-3/h5-11H,4,12H2,1-3H3. The molecule has 1 aromatic heterocycles. The molecule has 0 unspecified atom stereocenters. The number of halogens is 1. The molecule has 2 aromatic rings. The van der Waals surface area contributed by atoms with E-state index < -0.39 is 0 Å². The van der Waals surface area contributed by atoms with Gasteiger partial charge in [0.1, 0.15) is 11.5 Å². The van der Waals surface area contributed by atoms with Crippen molar-refractivity contribution in [2.24, 2.45) is 0 Å². The fourth-order valence-electron chi connectivity index (χ4n) is 2.17. The summed E-state index contributed by atoms with van der Waals surface area (Å²) in [5, 5.41) is 0. The zero-order valence-corrected chi connectivity index (χ0v) is 15.5. The SMILES string of the molecule is CCN(Cc1ccc(Cl)s1)C(=O)C=Cc1cc(OC)cc(OC)c1. The molecule has 2 rings (SSSR count). The number of methoxy groups -OCH3 is 2. The highest BCUT2D eigenvalue weighted by molar-refractivity contribution is 7.16. The third-order valence-corrected chi connectivity index (χ3v) is 4.68. The first-order valence-electron chi connectivity index (χ1n) is 7.50. The number of carbonyl (C=O) groups is 1. The Balaban J connectivity index is 2.10. The van der Waals surface area contributed by atoms with Crippen LogP contribution in [0.5, 0.6) is 11.5 Å². The minimum absolute atomic E-state index is 0.0520. The molecule has 4 nitrogen and oxygen atoms in total. The van der Waals surface area contributed by atoms with Gasteiger partial charge in [0.05, 0.1) is 25.1 Å². The first kappa shape index (κ1) is 18.4. The molecule has 0 atom stereocenters. The van der Waals surface area contributed by atoms with Crippen LogP contribution in [0, 0.1) is 0 Å². The average molecular weight is 366 g/mol. The van der Waals surface area contributed by atoms with Crippen molar-refractivity contribution in [1.29, 1.82) is 0 Å². The Kier molecular flexibility index (Phi) is 6.70. The summed E-state index contributed by atoms with van der Waals surface area (Å²) in [6, 6.07) is 9.28. The lowest BCUT2D eigenvalue weighted by molar-refractivity contribution is -0.126. The zero-order chi connectivity index (χ0) is 17.5. The quantitative estimate of drug-likeness (QED) is 0.679.